The summed E-state index contributed by atoms with van der Waals surface area (Å²) in [5.74, 6) is -1.62. The van der Waals surface area contributed by atoms with E-state index in [1.54, 1.807) is 49.4 Å². The second-order valence-corrected chi connectivity index (χ2v) is 6.26. The first kappa shape index (κ1) is 19.2. The number of carboxylic acid groups (broad SMARTS) is 1. The largest absolute Gasteiger partial charge is 0.481 e. The zero-order valence-corrected chi connectivity index (χ0v) is 14.8. The monoisotopic (exact) mass is 354 g/mol. The van der Waals surface area contributed by atoms with Crippen LogP contribution in [0.15, 0.2) is 48.5 Å². The third-order valence-corrected chi connectivity index (χ3v) is 3.92. The second kappa shape index (κ2) is 8.80. The first-order valence-corrected chi connectivity index (χ1v) is 8.34. The van der Waals surface area contributed by atoms with E-state index < -0.39 is 5.97 Å². The molecule has 0 aliphatic rings. The third-order valence-electron chi connectivity index (χ3n) is 3.92. The Morgan fingerprint density at radius 1 is 1.00 bits per heavy atom. The highest BCUT2D eigenvalue weighted by atomic mass is 16.4. The van der Waals surface area contributed by atoms with E-state index in [9.17, 15) is 14.4 Å². The van der Waals surface area contributed by atoms with Gasteiger partial charge in [-0.05, 0) is 42.7 Å². The van der Waals surface area contributed by atoms with Crippen molar-refractivity contribution in [1.29, 1.82) is 0 Å². The van der Waals surface area contributed by atoms with Gasteiger partial charge in [0.05, 0.1) is 0 Å². The minimum Gasteiger partial charge on any atom is -0.481 e. The van der Waals surface area contributed by atoms with E-state index in [-0.39, 0.29) is 30.7 Å². The Bertz CT molecular complexity index is 803. The summed E-state index contributed by atoms with van der Waals surface area (Å²) in [6.45, 7) is 3.87. The molecular formula is C20H22N2O4. The number of aliphatic carboxylic acids is 1. The highest BCUT2D eigenvalue weighted by Crippen LogP contribution is 2.18. The molecule has 2 amide bonds. The summed E-state index contributed by atoms with van der Waals surface area (Å²) < 4.78 is 0. The van der Waals surface area contributed by atoms with Crippen LogP contribution < -0.4 is 10.6 Å². The van der Waals surface area contributed by atoms with Crippen molar-refractivity contribution in [3.63, 3.8) is 0 Å². The quantitative estimate of drug-likeness (QED) is 0.712. The number of anilines is 1. The van der Waals surface area contributed by atoms with Gasteiger partial charge in [-0.2, -0.15) is 0 Å². The molecule has 0 spiro atoms. The number of hydrogen-bond acceptors (Lipinski definition) is 3. The standard InChI is InChI=1S/C20H22N2O4/c1-13(10-18(23)24)12-21-19(25)16-9-8-14(2)17(11-16)22-20(26)15-6-4-3-5-7-15/h3-9,11,13H,10,12H2,1-2H3,(H,21,25)(H,22,26)(H,23,24). The summed E-state index contributed by atoms with van der Waals surface area (Å²) in [7, 11) is 0. The van der Waals surface area contributed by atoms with E-state index in [1.807, 2.05) is 13.0 Å². The van der Waals surface area contributed by atoms with Crippen molar-refractivity contribution in [2.24, 2.45) is 5.92 Å². The number of rotatable bonds is 7. The zero-order valence-electron chi connectivity index (χ0n) is 14.8. The molecule has 3 N–H and O–H groups in total. The molecule has 0 radical (unpaired) electrons. The Balaban J connectivity index is 2.05. The lowest BCUT2D eigenvalue weighted by molar-refractivity contribution is -0.137. The fourth-order valence-electron chi connectivity index (χ4n) is 2.42. The summed E-state index contributed by atoms with van der Waals surface area (Å²) >= 11 is 0. The number of aryl methyl sites for hydroxylation is 1. The lowest BCUT2D eigenvalue weighted by atomic mass is 10.1. The van der Waals surface area contributed by atoms with E-state index in [2.05, 4.69) is 10.6 Å². The minimum absolute atomic E-state index is 0.00738. The van der Waals surface area contributed by atoms with E-state index in [0.29, 0.717) is 16.8 Å². The third kappa shape index (κ3) is 5.44. The molecule has 2 rings (SSSR count). The van der Waals surface area contributed by atoms with E-state index in [0.717, 1.165) is 5.56 Å². The topological polar surface area (TPSA) is 95.5 Å². The van der Waals surface area contributed by atoms with Gasteiger partial charge in [0.25, 0.3) is 11.8 Å². The Labute approximate surface area is 152 Å². The number of carboxylic acids is 1. The first-order chi connectivity index (χ1) is 12.4. The molecule has 0 aliphatic carbocycles. The summed E-state index contributed by atoms with van der Waals surface area (Å²) in [6.07, 6.45) is -0.00738. The van der Waals surface area contributed by atoms with Gasteiger partial charge in [-0.15, -0.1) is 0 Å². The Kier molecular flexibility index (Phi) is 6.49. The highest BCUT2D eigenvalue weighted by molar-refractivity contribution is 6.05. The molecule has 26 heavy (non-hydrogen) atoms. The summed E-state index contributed by atoms with van der Waals surface area (Å²) in [6, 6.07) is 13.9. The maximum absolute atomic E-state index is 12.3. The van der Waals surface area contributed by atoms with E-state index in [4.69, 9.17) is 5.11 Å². The van der Waals surface area contributed by atoms with Gasteiger partial charge >= 0.3 is 5.97 Å². The first-order valence-electron chi connectivity index (χ1n) is 8.34. The van der Waals surface area contributed by atoms with Gasteiger partial charge in [-0.25, -0.2) is 0 Å². The maximum atomic E-state index is 12.3. The van der Waals surface area contributed by atoms with Gasteiger partial charge in [-0.3, -0.25) is 14.4 Å². The van der Waals surface area contributed by atoms with Crippen LogP contribution in [0.3, 0.4) is 0 Å². The molecule has 6 nitrogen and oxygen atoms in total. The average Bonchev–Trinajstić information content (AvgIpc) is 2.61. The second-order valence-electron chi connectivity index (χ2n) is 6.26. The molecule has 0 saturated heterocycles. The van der Waals surface area contributed by atoms with Crippen LogP contribution in [0.4, 0.5) is 5.69 Å². The minimum atomic E-state index is -0.895. The summed E-state index contributed by atoms with van der Waals surface area (Å²) in [5.41, 5.74) is 2.33. The van der Waals surface area contributed by atoms with Crippen molar-refractivity contribution < 1.29 is 19.5 Å². The predicted octanol–water partition coefficient (Wildman–Crippen LogP) is 3.09. The molecule has 0 fully saturated rings. The van der Waals surface area contributed by atoms with Crippen LogP contribution in [-0.4, -0.2) is 29.4 Å². The van der Waals surface area contributed by atoms with Gasteiger partial charge in [0.2, 0.25) is 0 Å². The lowest BCUT2D eigenvalue weighted by Gasteiger charge is -2.13. The molecule has 0 saturated carbocycles. The van der Waals surface area contributed by atoms with Crippen molar-refractivity contribution >= 4 is 23.5 Å². The number of carbonyl (C=O) groups is 3. The van der Waals surface area contributed by atoms with Crippen LogP contribution in [-0.2, 0) is 4.79 Å². The van der Waals surface area contributed by atoms with Crippen molar-refractivity contribution in [3.8, 4) is 0 Å². The smallest absolute Gasteiger partial charge is 0.303 e. The molecule has 0 bridgehead atoms. The van der Waals surface area contributed by atoms with Crippen molar-refractivity contribution in [2.75, 3.05) is 11.9 Å². The molecule has 6 heteroatoms. The molecule has 2 aromatic rings. The number of hydrogen-bond donors (Lipinski definition) is 3. The zero-order chi connectivity index (χ0) is 19.1. The van der Waals surface area contributed by atoms with Gasteiger partial charge in [0, 0.05) is 29.8 Å². The van der Waals surface area contributed by atoms with Crippen LogP contribution in [0.5, 0.6) is 0 Å². The average molecular weight is 354 g/mol. The van der Waals surface area contributed by atoms with Crippen LogP contribution in [0.1, 0.15) is 39.6 Å². The molecule has 136 valence electrons. The molecular weight excluding hydrogens is 332 g/mol. The molecule has 1 unspecified atom stereocenters. The summed E-state index contributed by atoms with van der Waals surface area (Å²) in [4.78, 5) is 35.3. The van der Waals surface area contributed by atoms with Gasteiger partial charge in [-0.1, -0.05) is 31.2 Å². The highest BCUT2D eigenvalue weighted by Gasteiger charge is 2.13. The normalized spacial score (nSPS) is 11.5. The van der Waals surface area contributed by atoms with Crippen LogP contribution in [0, 0.1) is 12.8 Å². The van der Waals surface area contributed by atoms with Gasteiger partial charge in [0.15, 0.2) is 0 Å². The molecule has 0 aromatic heterocycles. The molecule has 0 aliphatic heterocycles. The number of carbonyl (C=O) groups excluding carboxylic acids is 2. The summed E-state index contributed by atoms with van der Waals surface area (Å²) in [5, 5.41) is 14.3. The fraction of sp³-hybridized carbons (Fsp3) is 0.250. The van der Waals surface area contributed by atoms with E-state index >= 15 is 0 Å². The fourth-order valence-corrected chi connectivity index (χ4v) is 2.42. The molecule has 1 atom stereocenters. The molecule has 2 aromatic carbocycles. The molecule has 0 heterocycles. The van der Waals surface area contributed by atoms with Crippen LogP contribution in [0.25, 0.3) is 0 Å². The Morgan fingerprint density at radius 3 is 2.35 bits per heavy atom. The van der Waals surface area contributed by atoms with Crippen LogP contribution >= 0.6 is 0 Å². The Morgan fingerprint density at radius 2 is 1.69 bits per heavy atom. The number of amides is 2. The van der Waals surface area contributed by atoms with Crippen LogP contribution in [0.2, 0.25) is 0 Å². The Hall–Kier alpha value is -3.15. The predicted molar refractivity (Wildman–Crippen MR) is 99.3 cm³/mol. The van der Waals surface area contributed by atoms with Crippen molar-refractivity contribution in [1.82, 2.24) is 5.32 Å². The van der Waals surface area contributed by atoms with Crippen molar-refractivity contribution in [2.45, 2.75) is 20.3 Å². The van der Waals surface area contributed by atoms with Gasteiger partial charge in [0.1, 0.15) is 0 Å². The number of nitrogens with one attached hydrogen (secondary N) is 2. The number of benzene rings is 2. The maximum Gasteiger partial charge on any atom is 0.303 e. The lowest BCUT2D eigenvalue weighted by Crippen LogP contribution is -2.29. The van der Waals surface area contributed by atoms with Gasteiger partial charge < -0.3 is 15.7 Å². The SMILES string of the molecule is Cc1ccc(C(=O)NCC(C)CC(=O)O)cc1NC(=O)c1ccccc1. The van der Waals surface area contributed by atoms with Crippen molar-refractivity contribution in [3.05, 3.63) is 65.2 Å². The van der Waals surface area contributed by atoms with E-state index in [1.165, 1.54) is 0 Å².